The molecule has 1 heterocycles. The van der Waals surface area contributed by atoms with Crippen molar-refractivity contribution in [2.45, 2.75) is 38.1 Å². The predicted octanol–water partition coefficient (Wildman–Crippen LogP) is 2.58. The van der Waals surface area contributed by atoms with Crippen molar-refractivity contribution < 1.29 is 9.53 Å². The summed E-state index contributed by atoms with van der Waals surface area (Å²) in [5.41, 5.74) is 0.907. The van der Waals surface area contributed by atoms with Crippen molar-refractivity contribution in [3.8, 4) is 5.75 Å². The topological polar surface area (TPSA) is 41.6 Å². The summed E-state index contributed by atoms with van der Waals surface area (Å²) in [6.45, 7) is 0.887. The maximum Gasteiger partial charge on any atom is 0.265 e. The summed E-state index contributed by atoms with van der Waals surface area (Å²) in [4.78, 5) is 14.2. The maximum absolute atomic E-state index is 12.3. The van der Waals surface area contributed by atoms with Gasteiger partial charge in [-0.3, -0.25) is 4.79 Å². The van der Waals surface area contributed by atoms with Crippen LogP contribution >= 0.6 is 0 Å². The van der Waals surface area contributed by atoms with E-state index in [0.717, 1.165) is 18.0 Å². The smallest absolute Gasteiger partial charge is 0.265 e. The number of benzene rings is 1. The third kappa shape index (κ3) is 3.05. The van der Waals surface area contributed by atoms with Gasteiger partial charge in [0.2, 0.25) is 0 Å². The second-order valence-electron chi connectivity index (χ2n) is 6.05. The number of nitrogens with one attached hydrogen (secondary N) is 1. The highest BCUT2D eigenvalue weighted by molar-refractivity contribution is 5.97. The molecular formula is C17H24N2O2. The minimum atomic E-state index is 0.0600. The second-order valence-corrected chi connectivity index (χ2v) is 6.05. The molecular weight excluding hydrogens is 264 g/mol. The van der Waals surface area contributed by atoms with Gasteiger partial charge in [-0.2, -0.15) is 0 Å². The Labute approximate surface area is 126 Å². The molecule has 4 nitrogen and oxygen atoms in total. The SMILES string of the molecule is CNC(CN1C(=O)COc2ccccc21)C1CCCCC1. The van der Waals surface area contributed by atoms with Crippen molar-refractivity contribution in [2.24, 2.45) is 5.92 Å². The third-order valence-corrected chi connectivity index (χ3v) is 4.78. The number of nitrogens with zero attached hydrogens (tertiary/aromatic N) is 1. The summed E-state index contributed by atoms with van der Waals surface area (Å²) in [6.07, 6.45) is 6.52. The van der Waals surface area contributed by atoms with Crippen LogP contribution in [0.3, 0.4) is 0 Å². The van der Waals surface area contributed by atoms with Gasteiger partial charge in [-0.15, -0.1) is 0 Å². The molecule has 0 aromatic heterocycles. The molecule has 0 spiro atoms. The summed E-state index contributed by atoms with van der Waals surface area (Å²) >= 11 is 0. The fraction of sp³-hybridized carbons (Fsp3) is 0.588. The lowest BCUT2D eigenvalue weighted by Gasteiger charge is -2.36. The van der Waals surface area contributed by atoms with Crippen LogP contribution in [0, 0.1) is 5.92 Å². The van der Waals surface area contributed by atoms with Crippen LogP contribution in [-0.2, 0) is 4.79 Å². The van der Waals surface area contributed by atoms with Gasteiger partial charge >= 0.3 is 0 Å². The van der Waals surface area contributed by atoms with E-state index < -0.39 is 0 Å². The van der Waals surface area contributed by atoms with Crippen molar-refractivity contribution in [3.05, 3.63) is 24.3 Å². The summed E-state index contributed by atoms with van der Waals surface area (Å²) in [5, 5.41) is 3.44. The van der Waals surface area contributed by atoms with E-state index in [2.05, 4.69) is 5.32 Å². The lowest BCUT2D eigenvalue weighted by atomic mass is 9.83. The Kier molecular flexibility index (Phi) is 4.44. The van der Waals surface area contributed by atoms with E-state index in [1.807, 2.05) is 36.2 Å². The number of amides is 1. The van der Waals surface area contributed by atoms with Crippen molar-refractivity contribution in [1.29, 1.82) is 0 Å². The Balaban J connectivity index is 1.77. The monoisotopic (exact) mass is 288 g/mol. The van der Waals surface area contributed by atoms with Gasteiger partial charge in [-0.05, 0) is 37.9 Å². The van der Waals surface area contributed by atoms with Crippen LogP contribution in [0.25, 0.3) is 0 Å². The normalized spacial score (nSPS) is 20.8. The van der Waals surface area contributed by atoms with Crippen LogP contribution in [0.1, 0.15) is 32.1 Å². The highest BCUT2D eigenvalue weighted by Gasteiger charge is 2.30. The highest BCUT2D eigenvalue weighted by Crippen LogP contribution is 2.33. The first kappa shape index (κ1) is 14.4. The number of ether oxygens (including phenoxy) is 1. The average Bonchev–Trinajstić information content (AvgIpc) is 2.55. The first-order valence-electron chi connectivity index (χ1n) is 7.99. The van der Waals surface area contributed by atoms with E-state index in [4.69, 9.17) is 4.74 Å². The van der Waals surface area contributed by atoms with Crippen LogP contribution in [0.15, 0.2) is 24.3 Å². The van der Waals surface area contributed by atoms with E-state index in [9.17, 15) is 4.79 Å². The number of hydrogen-bond donors (Lipinski definition) is 1. The molecule has 21 heavy (non-hydrogen) atoms. The number of likely N-dealkylation sites (N-methyl/N-ethyl adjacent to an activating group) is 1. The van der Waals surface area contributed by atoms with Gasteiger partial charge in [-0.1, -0.05) is 31.4 Å². The zero-order chi connectivity index (χ0) is 14.7. The van der Waals surface area contributed by atoms with Gasteiger partial charge in [0.05, 0.1) is 5.69 Å². The molecule has 4 heteroatoms. The van der Waals surface area contributed by atoms with Gasteiger partial charge in [0.1, 0.15) is 5.75 Å². The Morgan fingerprint density at radius 1 is 1.29 bits per heavy atom. The van der Waals surface area contributed by atoms with E-state index in [1.54, 1.807) is 0 Å². The van der Waals surface area contributed by atoms with Gasteiger partial charge in [-0.25, -0.2) is 0 Å². The Morgan fingerprint density at radius 2 is 2.05 bits per heavy atom. The molecule has 0 bridgehead atoms. The van der Waals surface area contributed by atoms with Crippen LogP contribution < -0.4 is 15.0 Å². The molecule has 1 aromatic carbocycles. The lowest BCUT2D eigenvalue weighted by molar-refractivity contribution is -0.121. The first-order valence-corrected chi connectivity index (χ1v) is 7.99. The number of rotatable bonds is 4. The van der Waals surface area contributed by atoms with Crippen LogP contribution in [-0.4, -0.2) is 32.1 Å². The number of para-hydroxylation sites is 2. The minimum absolute atomic E-state index is 0.0600. The minimum Gasteiger partial charge on any atom is -0.482 e. The van der Waals surface area contributed by atoms with Crippen molar-refractivity contribution in [3.63, 3.8) is 0 Å². The highest BCUT2D eigenvalue weighted by atomic mass is 16.5. The van der Waals surface area contributed by atoms with Crippen LogP contribution in [0.5, 0.6) is 5.75 Å². The summed E-state index contributed by atoms with van der Waals surface area (Å²) < 4.78 is 5.52. The van der Waals surface area contributed by atoms with Crippen molar-refractivity contribution in [1.82, 2.24) is 5.32 Å². The average molecular weight is 288 g/mol. The second kappa shape index (κ2) is 6.48. The van der Waals surface area contributed by atoms with E-state index in [0.29, 0.717) is 12.0 Å². The quantitative estimate of drug-likeness (QED) is 0.926. The molecule has 1 saturated carbocycles. The molecule has 114 valence electrons. The number of carbonyl (C=O) groups is 1. The molecule has 3 rings (SSSR count). The molecule has 0 saturated heterocycles. The summed E-state index contributed by atoms with van der Waals surface area (Å²) in [5.74, 6) is 1.55. The fourth-order valence-corrected chi connectivity index (χ4v) is 3.56. The molecule has 1 atom stereocenters. The fourth-order valence-electron chi connectivity index (χ4n) is 3.56. The third-order valence-electron chi connectivity index (χ3n) is 4.78. The Hall–Kier alpha value is -1.55. The molecule has 2 aliphatic rings. The van der Waals surface area contributed by atoms with Crippen molar-refractivity contribution >= 4 is 11.6 Å². The standard InChI is InChI=1S/C17H24N2O2/c1-18-14(13-7-3-2-4-8-13)11-19-15-9-5-6-10-16(15)21-12-17(19)20/h5-6,9-10,13-14,18H,2-4,7-8,11-12H2,1H3. The zero-order valence-electron chi connectivity index (χ0n) is 12.7. The van der Waals surface area contributed by atoms with Gasteiger partial charge < -0.3 is 15.0 Å². The Morgan fingerprint density at radius 3 is 2.81 bits per heavy atom. The number of fused-ring (bicyclic) bond motifs is 1. The molecule has 1 aliphatic carbocycles. The number of carbonyl (C=O) groups excluding carboxylic acids is 1. The van der Waals surface area contributed by atoms with Gasteiger partial charge in [0.15, 0.2) is 6.61 Å². The van der Waals surface area contributed by atoms with E-state index >= 15 is 0 Å². The molecule has 1 amide bonds. The van der Waals surface area contributed by atoms with Crippen molar-refractivity contribution in [2.75, 3.05) is 25.1 Å². The number of anilines is 1. The first-order chi connectivity index (χ1) is 10.3. The zero-order valence-corrected chi connectivity index (χ0v) is 12.7. The molecule has 1 N–H and O–H groups in total. The van der Waals surface area contributed by atoms with Gasteiger partial charge in [0, 0.05) is 12.6 Å². The van der Waals surface area contributed by atoms with Crippen LogP contribution in [0.4, 0.5) is 5.69 Å². The van der Waals surface area contributed by atoms with E-state index in [1.165, 1.54) is 32.1 Å². The summed E-state index contributed by atoms with van der Waals surface area (Å²) in [6, 6.07) is 8.18. The molecule has 1 aromatic rings. The molecule has 1 aliphatic heterocycles. The maximum atomic E-state index is 12.3. The summed E-state index contributed by atoms with van der Waals surface area (Å²) in [7, 11) is 2.01. The molecule has 1 unspecified atom stereocenters. The largest absolute Gasteiger partial charge is 0.482 e. The Bertz CT molecular complexity index is 497. The van der Waals surface area contributed by atoms with Gasteiger partial charge in [0.25, 0.3) is 5.91 Å². The lowest BCUT2D eigenvalue weighted by Crippen LogP contribution is -2.49. The number of hydrogen-bond acceptors (Lipinski definition) is 3. The van der Waals surface area contributed by atoms with Crippen LogP contribution in [0.2, 0.25) is 0 Å². The predicted molar refractivity (Wildman–Crippen MR) is 83.7 cm³/mol. The molecule has 0 radical (unpaired) electrons. The van der Waals surface area contributed by atoms with E-state index in [-0.39, 0.29) is 12.5 Å². The molecule has 1 fully saturated rings.